The van der Waals surface area contributed by atoms with E-state index in [1.54, 1.807) is 0 Å². The van der Waals surface area contributed by atoms with E-state index in [9.17, 15) is 29.3 Å². The molecule has 2 N–H and O–H groups in total. The molecule has 0 aromatic heterocycles. The summed E-state index contributed by atoms with van der Waals surface area (Å²) in [6.07, 6.45) is 0.670. The molecule has 126 valence electrons. The standard InChI is InChI=1S/C14H14N4O6/c1-2-6-15-14(22)16-10(19)7-17-12(20)8-4-3-5-9(18(23)24)11(8)13(17)21/h3-5H,2,6-7H2,1H3,(H2,15,16,19,22). The van der Waals surface area contributed by atoms with Crippen LogP contribution in [0.15, 0.2) is 18.2 Å². The Balaban J connectivity index is 2.14. The third-order valence-electron chi connectivity index (χ3n) is 3.26. The minimum absolute atomic E-state index is 0.141. The second-order valence-electron chi connectivity index (χ2n) is 4.96. The van der Waals surface area contributed by atoms with Crippen molar-refractivity contribution < 1.29 is 24.1 Å². The van der Waals surface area contributed by atoms with Crippen molar-refractivity contribution >= 4 is 29.4 Å². The van der Waals surface area contributed by atoms with Gasteiger partial charge in [-0.2, -0.15) is 0 Å². The molecular weight excluding hydrogens is 320 g/mol. The van der Waals surface area contributed by atoms with E-state index in [0.29, 0.717) is 17.9 Å². The molecule has 0 fully saturated rings. The van der Waals surface area contributed by atoms with Crippen LogP contribution in [0.1, 0.15) is 34.1 Å². The molecule has 0 saturated heterocycles. The number of hydrogen-bond acceptors (Lipinski definition) is 6. The lowest BCUT2D eigenvalue weighted by atomic mass is 10.1. The quantitative estimate of drug-likeness (QED) is 0.455. The molecule has 0 unspecified atom stereocenters. The molecule has 10 nitrogen and oxygen atoms in total. The maximum atomic E-state index is 12.2. The number of nitrogens with one attached hydrogen (secondary N) is 2. The molecule has 1 aromatic rings. The maximum absolute atomic E-state index is 12.2. The summed E-state index contributed by atoms with van der Waals surface area (Å²) in [4.78, 5) is 58.4. The molecular formula is C14H14N4O6. The Labute approximate surface area is 136 Å². The third-order valence-corrected chi connectivity index (χ3v) is 3.26. The van der Waals surface area contributed by atoms with Crippen LogP contribution in [-0.2, 0) is 4.79 Å². The lowest BCUT2D eigenvalue weighted by Crippen LogP contribution is -2.46. The zero-order valence-electron chi connectivity index (χ0n) is 12.7. The summed E-state index contributed by atoms with van der Waals surface area (Å²) in [5.74, 6) is -2.63. The van der Waals surface area contributed by atoms with Crippen molar-refractivity contribution in [3.05, 3.63) is 39.4 Å². The van der Waals surface area contributed by atoms with E-state index in [1.165, 1.54) is 12.1 Å². The number of carbonyl (C=O) groups excluding carboxylic acids is 4. The van der Waals surface area contributed by atoms with Crippen LogP contribution >= 0.6 is 0 Å². The van der Waals surface area contributed by atoms with Gasteiger partial charge in [0.2, 0.25) is 5.91 Å². The van der Waals surface area contributed by atoms with E-state index < -0.39 is 40.9 Å². The Kier molecular flexibility index (Phi) is 4.87. The molecule has 2 rings (SSSR count). The highest BCUT2D eigenvalue weighted by molar-refractivity contribution is 6.24. The van der Waals surface area contributed by atoms with Gasteiger partial charge in [0.25, 0.3) is 17.5 Å². The van der Waals surface area contributed by atoms with Crippen LogP contribution in [0.25, 0.3) is 0 Å². The van der Waals surface area contributed by atoms with Crippen molar-refractivity contribution in [2.75, 3.05) is 13.1 Å². The van der Waals surface area contributed by atoms with Crippen LogP contribution in [-0.4, -0.2) is 46.7 Å². The molecule has 1 aliphatic heterocycles. The van der Waals surface area contributed by atoms with Crippen molar-refractivity contribution in [2.24, 2.45) is 0 Å². The molecule has 0 aliphatic carbocycles. The topological polar surface area (TPSA) is 139 Å². The maximum Gasteiger partial charge on any atom is 0.321 e. The highest BCUT2D eigenvalue weighted by Gasteiger charge is 2.41. The van der Waals surface area contributed by atoms with E-state index in [2.05, 4.69) is 5.32 Å². The summed E-state index contributed by atoms with van der Waals surface area (Å²) >= 11 is 0. The Morgan fingerprint density at radius 1 is 1.25 bits per heavy atom. The molecule has 24 heavy (non-hydrogen) atoms. The van der Waals surface area contributed by atoms with E-state index in [0.717, 1.165) is 6.07 Å². The van der Waals surface area contributed by atoms with Gasteiger partial charge in [0.15, 0.2) is 0 Å². The van der Waals surface area contributed by atoms with Crippen molar-refractivity contribution in [2.45, 2.75) is 13.3 Å². The Hall–Kier alpha value is -3.30. The molecule has 0 radical (unpaired) electrons. The molecule has 0 spiro atoms. The second kappa shape index (κ2) is 6.86. The number of nitrogens with zero attached hydrogens (tertiary/aromatic N) is 2. The van der Waals surface area contributed by atoms with Crippen LogP contribution in [0.5, 0.6) is 0 Å². The van der Waals surface area contributed by atoms with Crippen LogP contribution in [0.4, 0.5) is 10.5 Å². The van der Waals surface area contributed by atoms with Crippen LogP contribution in [0.3, 0.4) is 0 Å². The summed E-state index contributed by atoms with van der Waals surface area (Å²) in [7, 11) is 0. The highest BCUT2D eigenvalue weighted by atomic mass is 16.6. The minimum atomic E-state index is -0.939. The third kappa shape index (κ3) is 3.21. The molecule has 0 saturated carbocycles. The predicted octanol–water partition coefficient (Wildman–Crippen LogP) is 0.427. The zero-order valence-corrected chi connectivity index (χ0v) is 12.7. The van der Waals surface area contributed by atoms with Gasteiger partial charge in [0, 0.05) is 12.6 Å². The first kappa shape index (κ1) is 17.1. The molecule has 1 aromatic carbocycles. The number of benzene rings is 1. The normalized spacial score (nSPS) is 12.8. The number of fused-ring (bicyclic) bond motifs is 1. The molecule has 0 atom stereocenters. The first-order chi connectivity index (χ1) is 11.4. The number of rotatable bonds is 5. The Morgan fingerprint density at radius 2 is 1.96 bits per heavy atom. The fourth-order valence-corrected chi connectivity index (χ4v) is 2.20. The molecule has 1 heterocycles. The van der Waals surface area contributed by atoms with Gasteiger partial charge in [-0.05, 0) is 12.5 Å². The number of hydrogen-bond donors (Lipinski definition) is 2. The monoisotopic (exact) mass is 334 g/mol. The molecule has 0 bridgehead atoms. The lowest BCUT2D eigenvalue weighted by molar-refractivity contribution is -0.385. The van der Waals surface area contributed by atoms with Gasteiger partial charge < -0.3 is 5.32 Å². The summed E-state index contributed by atoms with van der Waals surface area (Å²) in [6, 6.07) is 2.91. The first-order valence-corrected chi connectivity index (χ1v) is 7.08. The molecule has 10 heteroatoms. The summed E-state index contributed by atoms with van der Waals surface area (Å²) < 4.78 is 0. The van der Waals surface area contributed by atoms with Crippen LogP contribution in [0.2, 0.25) is 0 Å². The number of urea groups is 1. The van der Waals surface area contributed by atoms with Crippen molar-refractivity contribution in [1.29, 1.82) is 0 Å². The van der Waals surface area contributed by atoms with Gasteiger partial charge in [0.05, 0.1) is 10.5 Å². The Bertz CT molecular complexity index is 745. The van der Waals surface area contributed by atoms with Gasteiger partial charge in [-0.15, -0.1) is 0 Å². The van der Waals surface area contributed by atoms with E-state index in [4.69, 9.17) is 0 Å². The van der Waals surface area contributed by atoms with Gasteiger partial charge in [-0.25, -0.2) is 4.79 Å². The van der Waals surface area contributed by atoms with E-state index in [1.807, 2.05) is 12.2 Å². The van der Waals surface area contributed by atoms with Crippen LogP contribution < -0.4 is 10.6 Å². The van der Waals surface area contributed by atoms with Gasteiger partial charge >= 0.3 is 6.03 Å². The van der Waals surface area contributed by atoms with Gasteiger partial charge in [-0.1, -0.05) is 13.0 Å². The summed E-state index contributed by atoms with van der Waals surface area (Å²) in [5.41, 5.74) is -0.998. The molecule has 5 amide bonds. The molecule has 1 aliphatic rings. The van der Waals surface area contributed by atoms with Gasteiger partial charge in [0.1, 0.15) is 12.1 Å². The van der Waals surface area contributed by atoms with Crippen molar-refractivity contribution in [3.8, 4) is 0 Å². The van der Waals surface area contributed by atoms with Crippen LogP contribution in [0, 0.1) is 10.1 Å². The average molecular weight is 334 g/mol. The first-order valence-electron chi connectivity index (χ1n) is 7.08. The zero-order chi connectivity index (χ0) is 17.9. The van der Waals surface area contributed by atoms with Crippen molar-refractivity contribution in [1.82, 2.24) is 15.5 Å². The number of carbonyl (C=O) groups is 4. The smallest absolute Gasteiger partial charge is 0.321 e. The average Bonchev–Trinajstić information content (AvgIpc) is 2.77. The number of amides is 5. The summed E-state index contributed by atoms with van der Waals surface area (Å²) in [6.45, 7) is 1.48. The fraction of sp³-hybridized carbons (Fsp3) is 0.286. The number of nitro benzene ring substituents is 1. The minimum Gasteiger partial charge on any atom is -0.338 e. The van der Waals surface area contributed by atoms with E-state index in [-0.39, 0.29) is 11.1 Å². The van der Waals surface area contributed by atoms with Gasteiger partial charge in [-0.3, -0.25) is 34.7 Å². The predicted molar refractivity (Wildman–Crippen MR) is 80.3 cm³/mol. The highest BCUT2D eigenvalue weighted by Crippen LogP contribution is 2.30. The lowest BCUT2D eigenvalue weighted by Gasteiger charge is -2.13. The summed E-state index contributed by atoms with van der Waals surface area (Å²) in [5, 5.41) is 15.4. The fourth-order valence-electron chi connectivity index (χ4n) is 2.20. The van der Waals surface area contributed by atoms with E-state index >= 15 is 0 Å². The number of nitro groups is 1. The van der Waals surface area contributed by atoms with Crippen molar-refractivity contribution in [3.63, 3.8) is 0 Å². The number of imide groups is 2. The SMILES string of the molecule is CCCNC(=O)NC(=O)CN1C(=O)c2cccc([N+](=O)[O-])c2C1=O. The largest absolute Gasteiger partial charge is 0.338 e. The second-order valence-corrected chi connectivity index (χ2v) is 4.96. The Morgan fingerprint density at radius 3 is 2.58 bits per heavy atom.